The zero-order valence-corrected chi connectivity index (χ0v) is 12.1. The van der Waals surface area contributed by atoms with Crippen LogP contribution in [0.4, 0.5) is 0 Å². The Balaban J connectivity index is 2.70. The summed E-state index contributed by atoms with van der Waals surface area (Å²) in [6.07, 6.45) is 3.82. The van der Waals surface area contributed by atoms with Crippen molar-refractivity contribution in [3.63, 3.8) is 0 Å². The average Bonchev–Trinajstić information content (AvgIpc) is 2.28. The fraction of sp³-hybridized carbons (Fsp3) is 0.500. The molecule has 0 aliphatic heterocycles. The molecule has 1 unspecified atom stereocenters. The number of rotatable bonds is 5. The minimum atomic E-state index is -0.136. The van der Waals surface area contributed by atoms with Gasteiger partial charge in [-0.2, -0.15) is 0 Å². The van der Waals surface area contributed by atoms with Gasteiger partial charge in [-0.25, -0.2) is 0 Å². The van der Waals surface area contributed by atoms with Crippen molar-refractivity contribution < 1.29 is 9.90 Å². The third-order valence-corrected chi connectivity index (χ3v) is 3.12. The van der Waals surface area contributed by atoms with Crippen molar-refractivity contribution in [1.82, 2.24) is 10.3 Å². The van der Waals surface area contributed by atoms with E-state index in [1.165, 1.54) is 0 Å². The molecule has 1 atom stereocenters. The molecule has 0 fully saturated rings. The molecule has 1 aromatic heterocycles. The number of halogens is 1. The molecule has 0 aliphatic rings. The first kappa shape index (κ1) is 14.4. The van der Waals surface area contributed by atoms with Gasteiger partial charge in [-0.05, 0) is 41.0 Å². The van der Waals surface area contributed by atoms with E-state index in [0.29, 0.717) is 17.9 Å². The van der Waals surface area contributed by atoms with Crippen molar-refractivity contribution in [3.05, 3.63) is 27.6 Å². The lowest BCUT2D eigenvalue weighted by molar-refractivity contribution is 0.0916. The van der Waals surface area contributed by atoms with E-state index >= 15 is 0 Å². The molecule has 0 radical (unpaired) electrons. The summed E-state index contributed by atoms with van der Waals surface area (Å²) in [5.41, 5.74) is 0.556. The Labute approximate surface area is 115 Å². The minimum Gasteiger partial charge on any atom is -0.396 e. The second-order valence-corrected chi connectivity index (χ2v) is 5.47. The number of hydrogen-bond donors (Lipinski definition) is 2. The molecule has 0 saturated heterocycles. The van der Waals surface area contributed by atoms with Crippen LogP contribution in [0.15, 0.2) is 18.5 Å². The number of nitrogens with zero attached hydrogens (tertiary/aromatic N) is 1. The normalized spacial score (nSPS) is 12.5. The van der Waals surface area contributed by atoms with Gasteiger partial charge in [0, 0.05) is 28.6 Å². The quantitative estimate of drug-likeness (QED) is 0.798. The van der Waals surface area contributed by atoms with Crippen LogP contribution in [0.1, 0.15) is 30.6 Å². The molecule has 1 aromatic rings. The lowest BCUT2D eigenvalue weighted by Crippen LogP contribution is -2.39. The molecule has 5 heteroatoms. The Kier molecular flexibility index (Phi) is 5.84. The highest BCUT2D eigenvalue weighted by Crippen LogP contribution is 2.09. The maximum absolute atomic E-state index is 12.0. The number of aromatic nitrogens is 1. The van der Waals surface area contributed by atoms with Crippen LogP contribution in [0.3, 0.4) is 0 Å². The number of amides is 1. The number of nitrogens with one attached hydrogen (secondary N) is 1. The Morgan fingerprint density at radius 3 is 2.76 bits per heavy atom. The summed E-state index contributed by atoms with van der Waals surface area (Å²) >= 11 is 2.12. The van der Waals surface area contributed by atoms with E-state index in [-0.39, 0.29) is 18.6 Å². The molecule has 0 bridgehead atoms. The van der Waals surface area contributed by atoms with E-state index in [9.17, 15) is 4.79 Å². The van der Waals surface area contributed by atoms with Gasteiger partial charge in [0.25, 0.3) is 5.91 Å². The van der Waals surface area contributed by atoms with Crippen LogP contribution >= 0.6 is 22.6 Å². The van der Waals surface area contributed by atoms with E-state index in [1.54, 1.807) is 18.5 Å². The largest absolute Gasteiger partial charge is 0.396 e. The number of hydrogen-bond acceptors (Lipinski definition) is 3. The van der Waals surface area contributed by atoms with Crippen LogP contribution in [0.25, 0.3) is 0 Å². The van der Waals surface area contributed by atoms with Crippen molar-refractivity contribution in [2.75, 3.05) is 6.61 Å². The Morgan fingerprint density at radius 1 is 1.53 bits per heavy atom. The molecule has 0 aliphatic carbocycles. The SMILES string of the molecule is CC(C)C(CCO)NC(=O)c1cncc(I)c1. The monoisotopic (exact) mass is 348 g/mol. The molecule has 1 rings (SSSR count). The van der Waals surface area contributed by atoms with E-state index in [2.05, 4.69) is 32.9 Å². The zero-order chi connectivity index (χ0) is 12.8. The number of pyridine rings is 1. The average molecular weight is 348 g/mol. The van der Waals surface area contributed by atoms with Gasteiger partial charge in [0.15, 0.2) is 0 Å². The predicted octanol–water partition coefficient (Wildman–Crippen LogP) is 1.82. The number of carbonyl (C=O) groups is 1. The van der Waals surface area contributed by atoms with Gasteiger partial charge in [0.05, 0.1) is 5.56 Å². The summed E-state index contributed by atoms with van der Waals surface area (Å²) in [6.45, 7) is 4.12. The van der Waals surface area contributed by atoms with E-state index < -0.39 is 0 Å². The molecule has 0 aromatic carbocycles. The number of carbonyl (C=O) groups excluding carboxylic acids is 1. The molecule has 4 nitrogen and oxygen atoms in total. The number of aliphatic hydroxyl groups excluding tert-OH is 1. The minimum absolute atomic E-state index is 0.00892. The molecule has 0 spiro atoms. The highest BCUT2D eigenvalue weighted by molar-refractivity contribution is 14.1. The van der Waals surface area contributed by atoms with Crippen molar-refractivity contribution in [2.45, 2.75) is 26.3 Å². The van der Waals surface area contributed by atoms with Crippen molar-refractivity contribution in [2.24, 2.45) is 5.92 Å². The first-order valence-electron chi connectivity index (χ1n) is 5.57. The van der Waals surface area contributed by atoms with Gasteiger partial charge in [0.2, 0.25) is 0 Å². The molecule has 2 N–H and O–H groups in total. The summed E-state index contributed by atoms with van der Waals surface area (Å²) in [7, 11) is 0. The summed E-state index contributed by atoms with van der Waals surface area (Å²) in [6, 6.07) is 1.78. The Hall–Kier alpha value is -0.690. The van der Waals surface area contributed by atoms with Crippen LogP contribution in [0.5, 0.6) is 0 Å². The summed E-state index contributed by atoms with van der Waals surface area (Å²) < 4.78 is 0.929. The second-order valence-electron chi connectivity index (χ2n) is 4.23. The summed E-state index contributed by atoms with van der Waals surface area (Å²) in [5, 5.41) is 11.9. The second kappa shape index (κ2) is 6.90. The predicted molar refractivity (Wildman–Crippen MR) is 74.7 cm³/mol. The topological polar surface area (TPSA) is 62.2 Å². The molecule has 94 valence electrons. The first-order valence-corrected chi connectivity index (χ1v) is 6.64. The van der Waals surface area contributed by atoms with E-state index in [1.807, 2.05) is 13.8 Å². The smallest absolute Gasteiger partial charge is 0.253 e. The van der Waals surface area contributed by atoms with Gasteiger partial charge >= 0.3 is 0 Å². The molecule has 0 saturated carbocycles. The summed E-state index contributed by atoms with van der Waals surface area (Å²) in [4.78, 5) is 15.9. The highest BCUT2D eigenvalue weighted by atomic mass is 127. The van der Waals surface area contributed by atoms with Crippen LogP contribution in [-0.2, 0) is 0 Å². The van der Waals surface area contributed by atoms with Crippen molar-refractivity contribution >= 4 is 28.5 Å². The van der Waals surface area contributed by atoms with Crippen LogP contribution in [0.2, 0.25) is 0 Å². The third kappa shape index (κ3) is 4.59. The lowest BCUT2D eigenvalue weighted by Gasteiger charge is -2.21. The maximum atomic E-state index is 12.0. The van der Waals surface area contributed by atoms with Crippen molar-refractivity contribution in [1.29, 1.82) is 0 Å². The molecule has 1 heterocycles. The van der Waals surface area contributed by atoms with Crippen LogP contribution in [0, 0.1) is 9.49 Å². The lowest BCUT2D eigenvalue weighted by atomic mass is 10.0. The zero-order valence-electron chi connectivity index (χ0n) is 9.98. The van der Waals surface area contributed by atoms with E-state index in [0.717, 1.165) is 3.57 Å². The van der Waals surface area contributed by atoms with Crippen LogP contribution in [-0.4, -0.2) is 28.6 Å². The fourth-order valence-corrected chi connectivity index (χ4v) is 2.00. The standard InChI is InChI=1S/C12H17IN2O2/c1-8(2)11(3-4-16)15-12(17)9-5-10(13)7-14-6-9/h5-8,11,16H,3-4H2,1-2H3,(H,15,17). The first-order chi connectivity index (χ1) is 8.04. The van der Waals surface area contributed by atoms with Gasteiger partial charge in [0.1, 0.15) is 0 Å². The molecular formula is C12H17IN2O2. The Morgan fingerprint density at radius 2 is 2.24 bits per heavy atom. The third-order valence-electron chi connectivity index (χ3n) is 2.53. The fourth-order valence-electron chi connectivity index (χ4n) is 1.50. The van der Waals surface area contributed by atoms with Crippen LogP contribution < -0.4 is 5.32 Å². The summed E-state index contributed by atoms with van der Waals surface area (Å²) in [5.74, 6) is 0.157. The van der Waals surface area contributed by atoms with Crippen molar-refractivity contribution in [3.8, 4) is 0 Å². The van der Waals surface area contributed by atoms with Gasteiger partial charge < -0.3 is 10.4 Å². The van der Waals surface area contributed by atoms with Gasteiger partial charge in [-0.1, -0.05) is 13.8 Å². The maximum Gasteiger partial charge on any atom is 0.253 e. The molecule has 17 heavy (non-hydrogen) atoms. The van der Waals surface area contributed by atoms with Gasteiger partial charge in [-0.3, -0.25) is 9.78 Å². The Bertz CT molecular complexity index is 383. The van der Waals surface area contributed by atoms with E-state index in [4.69, 9.17) is 5.11 Å². The number of aliphatic hydroxyl groups is 1. The highest BCUT2D eigenvalue weighted by Gasteiger charge is 2.16. The van der Waals surface area contributed by atoms with Gasteiger partial charge in [-0.15, -0.1) is 0 Å². The molecule has 1 amide bonds. The molecular weight excluding hydrogens is 331 g/mol.